The van der Waals surface area contributed by atoms with Crippen LogP contribution in [0.4, 0.5) is 11.5 Å². The fraction of sp³-hybridized carbons (Fsp3) is 0.0769. The topological polar surface area (TPSA) is 54.0 Å². The molecule has 0 saturated heterocycles. The molecule has 0 atom stereocenters. The first-order valence-corrected chi connectivity index (χ1v) is 6.68. The standard InChI is InChI=1S/C13H11BrClN3O/c1-16-12-9(3-2-6-17-12)13(19)18-11-5-4-8(15)7-10(11)14/h2-7H,1H3,(H,16,17)(H,18,19). The van der Waals surface area contributed by atoms with E-state index in [1.54, 1.807) is 43.6 Å². The van der Waals surface area contributed by atoms with Crippen molar-refractivity contribution in [1.29, 1.82) is 0 Å². The van der Waals surface area contributed by atoms with Crippen molar-refractivity contribution in [2.75, 3.05) is 17.7 Å². The van der Waals surface area contributed by atoms with Crippen LogP contribution in [0.2, 0.25) is 5.02 Å². The maximum absolute atomic E-state index is 12.2. The highest BCUT2D eigenvalue weighted by Crippen LogP contribution is 2.26. The van der Waals surface area contributed by atoms with E-state index >= 15 is 0 Å². The molecule has 0 aliphatic heterocycles. The summed E-state index contributed by atoms with van der Waals surface area (Å²) < 4.78 is 0.725. The largest absolute Gasteiger partial charge is 0.372 e. The zero-order chi connectivity index (χ0) is 13.8. The number of rotatable bonds is 3. The van der Waals surface area contributed by atoms with Gasteiger partial charge in [0.2, 0.25) is 0 Å². The minimum atomic E-state index is -0.236. The predicted molar refractivity (Wildman–Crippen MR) is 80.9 cm³/mol. The van der Waals surface area contributed by atoms with Crippen LogP contribution in [-0.4, -0.2) is 17.9 Å². The van der Waals surface area contributed by atoms with Gasteiger partial charge in [0, 0.05) is 22.7 Å². The molecule has 0 unspecified atom stereocenters. The molecule has 4 nitrogen and oxygen atoms in total. The SMILES string of the molecule is CNc1ncccc1C(=O)Nc1ccc(Cl)cc1Br. The van der Waals surface area contributed by atoms with Crippen LogP contribution in [0, 0.1) is 0 Å². The van der Waals surface area contributed by atoms with Crippen molar-refractivity contribution in [2.24, 2.45) is 0 Å². The first kappa shape index (κ1) is 13.8. The third kappa shape index (κ3) is 3.24. The smallest absolute Gasteiger partial charge is 0.259 e. The van der Waals surface area contributed by atoms with E-state index in [0.29, 0.717) is 22.1 Å². The number of carbonyl (C=O) groups excluding carboxylic acids is 1. The minimum absolute atomic E-state index is 0.236. The number of aromatic nitrogens is 1. The minimum Gasteiger partial charge on any atom is -0.372 e. The first-order valence-electron chi connectivity index (χ1n) is 5.51. The van der Waals surface area contributed by atoms with Crippen LogP contribution in [0.25, 0.3) is 0 Å². The maximum Gasteiger partial charge on any atom is 0.259 e. The zero-order valence-corrected chi connectivity index (χ0v) is 12.4. The quantitative estimate of drug-likeness (QED) is 0.894. The van der Waals surface area contributed by atoms with Gasteiger partial charge in [-0.05, 0) is 46.3 Å². The summed E-state index contributed by atoms with van der Waals surface area (Å²) in [6.45, 7) is 0. The first-order chi connectivity index (χ1) is 9.11. The number of anilines is 2. The molecule has 0 saturated carbocycles. The highest BCUT2D eigenvalue weighted by atomic mass is 79.9. The Hall–Kier alpha value is -1.59. The molecule has 1 aromatic heterocycles. The molecule has 1 aromatic carbocycles. The van der Waals surface area contributed by atoms with Crippen LogP contribution >= 0.6 is 27.5 Å². The molecule has 98 valence electrons. The van der Waals surface area contributed by atoms with Gasteiger partial charge >= 0.3 is 0 Å². The molecule has 0 spiro atoms. The average Bonchev–Trinajstić information content (AvgIpc) is 2.41. The summed E-state index contributed by atoms with van der Waals surface area (Å²) >= 11 is 9.21. The molecule has 2 aromatic rings. The predicted octanol–water partition coefficient (Wildman–Crippen LogP) is 3.79. The Balaban J connectivity index is 2.26. The fourth-order valence-electron chi connectivity index (χ4n) is 1.57. The second-order valence-corrected chi connectivity index (χ2v) is 5.02. The molecule has 2 N–H and O–H groups in total. The van der Waals surface area contributed by atoms with Crippen molar-refractivity contribution in [3.05, 3.63) is 51.6 Å². The van der Waals surface area contributed by atoms with Gasteiger partial charge in [0.25, 0.3) is 5.91 Å². The maximum atomic E-state index is 12.2. The van der Waals surface area contributed by atoms with E-state index in [9.17, 15) is 4.79 Å². The van der Waals surface area contributed by atoms with Gasteiger partial charge in [0.05, 0.1) is 11.3 Å². The van der Waals surface area contributed by atoms with Crippen molar-refractivity contribution >= 4 is 44.9 Å². The van der Waals surface area contributed by atoms with Gasteiger partial charge in [0.15, 0.2) is 0 Å². The summed E-state index contributed by atoms with van der Waals surface area (Å²) in [5.41, 5.74) is 1.13. The van der Waals surface area contributed by atoms with E-state index < -0.39 is 0 Å². The lowest BCUT2D eigenvalue weighted by Crippen LogP contribution is -2.15. The number of carbonyl (C=O) groups is 1. The Bertz CT molecular complexity index is 619. The Morgan fingerprint density at radius 3 is 2.84 bits per heavy atom. The van der Waals surface area contributed by atoms with Gasteiger partial charge < -0.3 is 10.6 Å². The monoisotopic (exact) mass is 339 g/mol. The van der Waals surface area contributed by atoms with Gasteiger partial charge in [-0.2, -0.15) is 0 Å². The number of hydrogen-bond acceptors (Lipinski definition) is 3. The van der Waals surface area contributed by atoms with Crippen molar-refractivity contribution in [2.45, 2.75) is 0 Å². The second-order valence-electron chi connectivity index (χ2n) is 3.73. The molecule has 6 heteroatoms. The summed E-state index contributed by atoms with van der Waals surface area (Å²) in [5, 5.41) is 6.28. The van der Waals surface area contributed by atoms with Crippen LogP contribution in [-0.2, 0) is 0 Å². The number of hydrogen-bond donors (Lipinski definition) is 2. The molecule has 1 heterocycles. The molecule has 0 aliphatic rings. The Morgan fingerprint density at radius 1 is 1.37 bits per heavy atom. The molecular weight excluding hydrogens is 330 g/mol. The molecule has 19 heavy (non-hydrogen) atoms. The molecular formula is C13H11BrClN3O. The lowest BCUT2D eigenvalue weighted by Gasteiger charge is -2.10. The molecule has 0 radical (unpaired) electrons. The van der Waals surface area contributed by atoms with E-state index in [2.05, 4.69) is 31.5 Å². The second kappa shape index (κ2) is 6.04. The summed E-state index contributed by atoms with van der Waals surface area (Å²) in [6.07, 6.45) is 1.63. The summed E-state index contributed by atoms with van der Waals surface area (Å²) in [6, 6.07) is 8.59. The number of halogens is 2. The molecule has 2 rings (SSSR count). The fourth-order valence-corrected chi connectivity index (χ4v) is 2.35. The zero-order valence-electron chi connectivity index (χ0n) is 10.1. The van der Waals surface area contributed by atoms with Gasteiger partial charge in [-0.15, -0.1) is 0 Å². The number of nitrogens with zero attached hydrogens (tertiary/aromatic N) is 1. The lowest BCUT2D eigenvalue weighted by molar-refractivity contribution is 0.102. The number of amides is 1. The Kier molecular flexibility index (Phi) is 4.39. The van der Waals surface area contributed by atoms with E-state index in [-0.39, 0.29) is 5.91 Å². The van der Waals surface area contributed by atoms with Crippen LogP contribution in [0.5, 0.6) is 0 Å². The van der Waals surface area contributed by atoms with E-state index in [4.69, 9.17) is 11.6 Å². The number of benzene rings is 1. The van der Waals surface area contributed by atoms with Gasteiger partial charge in [-0.25, -0.2) is 4.98 Å². The van der Waals surface area contributed by atoms with Crippen LogP contribution < -0.4 is 10.6 Å². The van der Waals surface area contributed by atoms with E-state index in [1.807, 2.05) is 0 Å². The number of nitrogens with one attached hydrogen (secondary N) is 2. The summed E-state index contributed by atoms with van der Waals surface area (Å²) in [4.78, 5) is 16.3. The Labute approximate surface area is 124 Å². The molecule has 0 bridgehead atoms. The highest BCUT2D eigenvalue weighted by molar-refractivity contribution is 9.10. The molecule has 0 fully saturated rings. The van der Waals surface area contributed by atoms with Gasteiger partial charge in [-0.3, -0.25) is 4.79 Å². The van der Waals surface area contributed by atoms with Crippen LogP contribution in [0.15, 0.2) is 41.0 Å². The summed E-state index contributed by atoms with van der Waals surface area (Å²) in [5.74, 6) is 0.297. The number of pyridine rings is 1. The molecule has 1 amide bonds. The highest BCUT2D eigenvalue weighted by Gasteiger charge is 2.12. The van der Waals surface area contributed by atoms with E-state index in [1.165, 1.54) is 0 Å². The normalized spacial score (nSPS) is 10.1. The summed E-state index contributed by atoms with van der Waals surface area (Å²) in [7, 11) is 1.72. The van der Waals surface area contributed by atoms with Crippen molar-refractivity contribution < 1.29 is 4.79 Å². The lowest BCUT2D eigenvalue weighted by atomic mass is 10.2. The van der Waals surface area contributed by atoms with Crippen molar-refractivity contribution in [3.63, 3.8) is 0 Å². The van der Waals surface area contributed by atoms with Crippen LogP contribution in [0.3, 0.4) is 0 Å². The van der Waals surface area contributed by atoms with Crippen molar-refractivity contribution in [1.82, 2.24) is 4.98 Å². The van der Waals surface area contributed by atoms with Crippen molar-refractivity contribution in [3.8, 4) is 0 Å². The van der Waals surface area contributed by atoms with Crippen LogP contribution in [0.1, 0.15) is 10.4 Å². The molecule has 0 aliphatic carbocycles. The van der Waals surface area contributed by atoms with Gasteiger partial charge in [-0.1, -0.05) is 11.6 Å². The third-order valence-electron chi connectivity index (χ3n) is 2.47. The van der Waals surface area contributed by atoms with Gasteiger partial charge in [0.1, 0.15) is 5.82 Å². The van der Waals surface area contributed by atoms with E-state index in [0.717, 1.165) is 4.47 Å². The average molecular weight is 341 g/mol. The Morgan fingerprint density at radius 2 is 2.16 bits per heavy atom. The third-order valence-corrected chi connectivity index (χ3v) is 3.36.